The Kier molecular flexibility index (Phi) is 4.19. The van der Waals surface area contributed by atoms with E-state index in [2.05, 4.69) is 45.2 Å². The Morgan fingerprint density at radius 2 is 2.16 bits per heavy atom. The molecule has 0 atom stereocenters. The van der Waals surface area contributed by atoms with Gasteiger partial charge in [-0.2, -0.15) is 5.10 Å². The Bertz CT molecular complexity index is 580. The van der Waals surface area contributed by atoms with E-state index < -0.39 is 0 Å². The third-order valence-electron chi connectivity index (χ3n) is 2.84. The van der Waals surface area contributed by atoms with Gasteiger partial charge in [-0.1, -0.05) is 0 Å². The first-order chi connectivity index (χ1) is 8.99. The van der Waals surface area contributed by atoms with Crippen molar-refractivity contribution in [1.29, 1.82) is 0 Å². The van der Waals surface area contributed by atoms with Gasteiger partial charge < -0.3 is 5.32 Å². The predicted molar refractivity (Wildman–Crippen MR) is 76.6 cm³/mol. The Balaban J connectivity index is 2.15. The Labute approximate surface area is 120 Å². The van der Waals surface area contributed by atoms with Gasteiger partial charge in [0.05, 0.1) is 11.0 Å². The highest BCUT2D eigenvalue weighted by molar-refractivity contribution is 9.10. The third kappa shape index (κ3) is 3.12. The van der Waals surface area contributed by atoms with Crippen LogP contribution in [0.1, 0.15) is 31.3 Å². The van der Waals surface area contributed by atoms with Crippen molar-refractivity contribution in [3.63, 3.8) is 0 Å². The lowest BCUT2D eigenvalue weighted by atomic mass is 10.2. The summed E-state index contributed by atoms with van der Waals surface area (Å²) < 4.78 is 15.7. The first kappa shape index (κ1) is 14.0. The van der Waals surface area contributed by atoms with E-state index in [1.807, 2.05) is 11.6 Å². The molecule has 0 spiro atoms. The predicted octanol–water partition coefficient (Wildman–Crippen LogP) is 3.68. The van der Waals surface area contributed by atoms with Gasteiger partial charge in [-0.05, 0) is 54.4 Å². The molecule has 0 aliphatic rings. The van der Waals surface area contributed by atoms with Crippen molar-refractivity contribution < 1.29 is 4.39 Å². The molecule has 2 aromatic rings. The molecular weight excluding hydrogens is 311 g/mol. The standard InChI is InChI=1S/C13H16BrFN4/c1-8(2)19-13(17-7-18-19)6-16-12-5-10(14)11(15)4-9(12)3/h4-5,7-8,16H,6H2,1-3H3. The smallest absolute Gasteiger partial charge is 0.146 e. The van der Waals surface area contributed by atoms with Crippen LogP contribution in [0.15, 0.2) is 22.9 Å². The van der Waals surface area contributed by atoms with E-state index in [0.29, 0.717) is 11.0 Å². The quantitative estimate of drug-likeness (QED) is 0.931. The minimum atomic E-state index is -0.256. The molecule has 0 saturated carbocycles. The van der Waals surface area contributed by atoms with Crippen LogP contribution >= 0.6 is 15.9 Å². The number of halogens is 2. The molecule has 102 valence electrons. The maximum absolute atomic E-state index is 13.3. The maximum Gasteiger partial charge on any atom is 0.146 e. The molecule has 1 aromatic carbocycles. The SMILES string of the molecule is Cc1cc(F)c(Br)cc1NCc1ncnn1C(C)C. The summed E-state index contributed by atoms with van der Waals surface area (Å²) in [4.78, 5) is 4.23. The zero-order valence-corrected chi connectivity index (χ0v) is 12.7. The molecule has 0 aliphatic carbocycles. The summed E-state index contributed by atoms with van der Waals surface area (Å²) in [5.41, 5.74) is 1.74. The first-order valence-corrected chi connectivity index (χ1v) is 6.86. The summed E-state index contributed by atoms with van der Waals surface area (Å²) in [6.45, 7) is 6.53. The fourth-order valence-electron chi connectivity index (χ4n) is 1.84. The molecule has 4 nitrogen and oxygen atoms in total. The monoisotopic (exact) mass is 326 g/mol. The lowest BCUT2D eigenvalue weighted by Crippen LogP contribution is -2.12. The molecular formula is C13H16BrFN4. The first-order valence-electron chi connectivity index (χ1n) is 6.07. The molecule has 19 heavy (non-hydrogen) atoms. The van der Waals surface area contributed by atoms with Crippen molar-refractivity contribution in [2.75, 3.05) is 5.32 Å². The van der Waals surface area contributed by atoms with Crippen LogP contribution in [0.25, 0.3) is 0 Å². The number of aryl methyl sites for hydroxylation is 1. The largest absolute Gasteiger partial charge is 0.378 e. The van der Waals surface area contributed by atoms with Gasteiger partial charge in [-0.15, -0.1) is 0 Å². The van der Waals surface area contributed by atoms with Crippen molar-refractivity contribution in [2.45, 2.75) is 33.4 Å². The second kappa shape index (κ2) is 5.69. The van der Waals surface area contributed by atoms with E-state index in [4.69, 9.17) is 0 Å². The second-order valence-electron chi connectivity index (χ2n) is 4.65. The van der Waals surface area contributed by atoms with Gasteiger partial charge in [-0.3, -0.25) is 0 Å². The molecule has 0 unspecified atom stereocenters. The van der Waals surface area contributed by atoms with Gasteiger partial charge in [0, 0.05) is 11.7 Å². The van der Waals surface area contributed by atoms with Gasteiger partial charge in [-0.25, -0.2) is 14.1 Å². The molecule has 0 saturated heterocycles. The number of nitrogens with zero attached hydrogens (tertiary/aromatic N) is 3. The van der Waals surface area contributed by atoms with Crippen LogP contribution in [-0.2, 0) is 6.54 Å². The van der Waals surface area contributed by atoms with Crippen LogP contribution < -0.4 is 5.32 Å². The molecule has 0 amide bonds. The fourth-order valence-corrected chi connectivity index (χ4v) is 2.19. The molecule has 6 heteroatoms. The topological polar surface area (TPSA) is 42.7 Å². The highest BCUT2D eigenvalue weighted by Gasteiger charge is 2.09. The van der Waals surface area contributed by atoms with Crippen molar-refractivity contribution in [1.82, 2.24) is 14.8 Å². The number of nitrogens with one attached hydrogen (secondary N) is 1. The number of anilines is 1. The van der Waals surface area contributed by atoms with Crippen LogP contribution in [0.4, 0.5) is 10.1 Å². The Hall–Kier alpha value is -1.43. The van der Waals surface area contributed by atoms with Crippen LogP contribution in [0.5, 0.6) is 0 Å². The highest BCUT2D eigenvalue weighted by Crippen LogP contribution is 2.24. The summed E-state index contributed by atoms with van der Waals surface area (Å²) in [6.07, 6.45) is 1.55. The average Bonchev–Trinajstić information content (AvgIpc) is 2.80. The van der Waals surface area contributed by atoms with Crippen molar-refractivity contribution in [2.24, 2.45) is 0 Å². The second-order valence-corrected chi connectivity index (χ2v) is 5.50. The molecule has 1 N–H and O–H groups in total. The number of aromatic nitrogens is 3. The van der Waals surface area contributed by atoms with Crippen molar-refractivity contribution >= 4 is 21.6 Å². The van der Waals surface area contributed by atoms with E-state index in [-0.39, 0.29) is 11.9 Å². The summed E-state index contributed by atoms with van der Waals surface area (Å²) in [7, 11) is 0. The average molecular weight is 327 g/mol. The molecule has 1 aromatic heterocycles. The van der Waals surface area contributed by atoms with Crippen LogP contribution in [0.3, 0.4) is 0 Å². The Morgan fingerprint density at radius 3 is 2.84 bits per heavy atom. The Morgan fingerprint density at radius 1 is 1.42 bits per heavy atom. The lowest BCUT2D eigenvalue weighted by Gasteiger charge is -2.13. The lowest BCUT2D eigenvalue weighted by molar-refractivity contribution is 0.509. The van der Waals surface area contributed by atoms with Crippen LogP contribution in [-0.4, -0.2) is 14.8 Å². The summed E-state index contributed by atoms with van der Waals surface area (Å²) in [5.74, 6) is 0.600. The minimum absolute atomic E-state index is 0.256. The van der Waals surface area contributed by atoms with E-state index in [0.717, 1.165) is 17.1 Å². The third-order valence-corrected chi connectivity index (χ3v) is 3.45. The van der Waals surface area contributed by atoms with Crippen LogP contribution in [0, 0.1) is 12.7 Å². The van der Waals surface area contributed by atoms with Gasteiger partial charge in [0.25, 0.3) is 0 Å². The summed E-state index contributed by atoms with van der Waals surface area (Å²) >= 11 is 3.19. The zero-order chi connectivity index (χ0) is 14.0. The number of rotatable bonds is 4. The normalized spacial score (nSPS) is 11.1. The molecule has 0 bridgehead atoms. The van der Waals surface area contributed by atoms with Crippen molar-refractivity contribution in [3.05, 3.63) is 40.1 Å². The van der Waals surface area contributed by atoms with Gasteiger partial charge in [0.1, 0.15) is 18.0 Å². The molecule has 0 radical (unpaired) electrons. The molecule has 0 fully saturated rings. The minimum Gasteiger partial charge on any atom is -0.378 e. The number of hydrogen-bond acceptors (Lipinski definition) is 3. The fraction of sp³-hybridized carbons (Fsp3) is 0.385. The van der Waals surface area contributed by atoms with E-state index in [9.17, 15) is 4.39 Å². The van der Waals surface area contributed by atoms with Gasteiger partial charge >= 0.3 is 0 Å². The van der Waals surface area contributed by atoms with Crippen molar-refractivity contribution in [3.8, 4) is 0 Å². The van der Waals surface area contributed by atoms with E-state index >= 15 is 0 Å². The van der Waals surface area contributed by atoms with Crippen LogP contribution in [0.2, 0.25) is 0 Å². The van der Waals surface area contributed by atoms with E-state index in [1.54, 1.807) is 12.4 Å². The molecule has 1 heterocycles. The highest BCUT2D eigenvalue weighted by atomic mass is 79.9. The van der Waals surface area contributed by atoms with Gasteiger partial charge in [0.2, 0.25) is 0 Å². The number of benzene rings is 1. The van der Waals surface area contributed by atoms with Gasteiger partial charge in [0.15, 0.2) is 0 Å². The summed E-state index contributed by atoms with van der Waals surface area (Å²) in [5, 5.41) is 7.44. The molecule has 0 aliphatic heterocycles. The number of hydrogen-bond donors (Lipinski definition) is 1. The van der Waals surface area contributed by atoms with E-state index in [1.165, 1.54) is 6.07 Å². The maximum atomic E-state index is 13.3. The summed E-state index contributed by atoms with van der Waals surface area (Å²) in [6, 6.07) is 3.50. The molecule has 2 rings (SSSR count). The zero-order valence-electron chi connectivity index (χ0n) is 11.1.